The van der Waals surface area contributed by atoms with Crippen LogP contribution < -0.4 is 0 Å². The van der Waals surface area contributed by atoms with E-state index < -0.39 is 0 Å². The van der Waals surface area contributed by atoms with Crippen molar-refractivity contribution >= 4 is 6.09 Å². The maximum atomic E-state index is 12.5. The normalized spacial score (nSPS) is 24.8. The molecule has 4 heteroatoms. The van der Waals surface area contributed by atoms with Crippen LogP contribution in [0.25, 0.3) is 0 Å². The number of nitrogens with zero attached hydrogens (tertiary/aromatic N) is 2. The topological polar surface area (TPSA) is 32.8 Å². The minimum atomic E-state index is -0.141. The van der Waals surface area contributed by atoms with E-state index in [1.165, 1.54) is 32.4 Å². The molecule has 0 spiro atoms. The first kappa shape index (κ1) is 18.2. The highest BCUT2D eigenvalue weighted by Gasteiger charge is 2.42. The Morgan fingerprint density at radius 3 is 2.48 bits per heavy atom. The fourth-order valence-corrected chi connectivity index (χ4v) is 4.13. The van der Waals surface area contributed by atoms with Crippen LogP contribution in [0.5, 0.6) is 0 Å². The van der Waals surface area contributed by atoms with Crippen molar-refractivity contribution in [2.24, 2.45) is 5.92 Å². The van der Waals surface area contributed by atoms with Crippen molar-refractivity contribution in [1.82, 2.24) is 9.80 Å². The Morgan fingerprint density at radius 2 is 1.80 bits per heavy atom. The molecule has 2 fully saturated rings. The van der Waals surface area contributed by atoms with E-state index >= 15 is 0 Å². The number of amides is 1. The molecule has 1 aromatic rings. The molecule has 0 bridgehead atoms. The third-order valence-corrected chi connectivity index (χ3v) is 5.38. The maximum absolute atomic E-state index is 12.5. The van der Waals surface area contributed by atoms with Gasteiger partial charge in [-0.2, -0.15) is 0 Å². The summed E-state index contributed by atoms with van der Waals surface area (Å²) >= 11 is 0. The van der Waals surface area contributed by atoms with E-state index in [-0.39, 0.29) is 18.2 Å². The maximum Gasteiger partial charge on any atom is 0.410 e. The van der Waals surface area contributed by atoms with E-state index in [9.17, 15) is 4.79 Å². The standard InChI is InChI=1S/C21H32N2O2/c1-17(2)16-19-20(18-10-5-3-6-11-18)25-21(24)23(19)15-9-14-22-12-7-4-8-13-22/h3,5-6,10-11,17,19-20H,4,7-9,12-16H2,1-2H3/t19-,20-/m1/s1. The lowest BCUT2D eigenvalue weighted by atomic mass is 9.94. The average molecular weight is 344 g/mol. The molecule has 1 aromatic carbocycles. The summed E-state index contributed by atoms with van der Waals surface area (Å²) in [5.41, 5.74) is 1.11. The lowest BCUT2D eigenvalue weighted by Gasteiger charge is -2.29. The van der Waals surface area contributed by atoms with Gasteiger partial charge in [0.2, 0.25) is 0 Å². The number of ether oxygens (including phenoxy) is 1. The van der Waals surface area contributed by atoms with E-state index in [2.05, 4.69) is 30.9 Å². The summed E-state index contributed by atoms with van der Waals surface area (Å²) < 4.78 is 5.79. The molecule has 0 aromatic heterocycles. The Balaban J connectivity index is 1.62. The van der Waals surface area contributed by atoms with Gasteiger partial charge >= 0.3 is 6.09 Å². The molecule has 2 saturated heterocycles. The van der Waals surface area contributed by atoms with Crippen LogP contribution in [0.15, 0.2) is 30.3 Å². The van der Waals surface area contributed by atoms with Gasteiger partial charge in [0.25, 0.3) is 0 Å². The quantitative estimate of drug-likeness (QED) is 0.731. The van der Waals surface area contributed by atoms with Crippen molar-refractivity contribution in [2.45, 2.75) is 58.1 Å². The lowest BCUT2D eigenvalue weighted by molar-refractivity contribution is 0.128. The summed E-state index contributed by atoms with van der Waals surface area (Å²) in [5, 5.41) is 0. The number of hydrogen-bond acceptors (Lipinski definition) is 3. The van der Waals surface area contributed by atoms with Crippen molar-refractivity contribution in [2.75, 3.05) is 26.2 Å². The van der Waals surface area contributed by atoms with Gasteiger partial charge in [0.1, 0.15) is 6.10 Å². The van der Waals surface area contributed by atoms with Crippen molar-refractivity contribution in [1.29, 1.82) is 0 Å². The van der Waals surface area contributed by atoms with Crippen molar-refractivity contribution < 1.29 is 9.53 Å². The zero-order chi connectivity index (χ0) is 17.6. The zero-order valence-corrected chi connectivity index (χ0v) is 15.7. The van der Waals surface area contributed by atoms with Crippen molar-refractivity contribution in [3.05, 3.63) is 35.9 Å². The average Bonchev–Trinajstić information content (AvgIpc) is 2.92. The predicted molar refractivity (Wildman–Crippen MR) is 101 cm³/mol. The molecule has 3 rings (SSSR count). The van der Waals surface area contributed by atoms with Crippen LogP contribution in [0.2, 0.25) is 0 Å². The van der Waals surface area contributed by atoms with Crippen LogP contribution >= 0.6 is 0 Å². The number of cyclic esters (lactones) is 1. The van der Waals surface area contributed by atoms with Gasteiger partial charge < -0.3 is 14.5 Å². The van der Waals surface area contributed by atoms with Crippen molar-refractivity contribution in [3.8, 4) is 0 Å². The summed E-state index contributed by atoms with van der Waals surface area (Å²) in [6.07, 6.45) is 5.74. The molecular formula is C21H32N2O2. The molecule has 1 amide bonds. The van der Waals surface area contributed by atoms with Crippen LogP contribution in [0.3, 0.4) is 0 Å². The Kier molecular flexibility index (Phi) is 6.35. The first-order valence-electron chi connectivity index (χ1n) is 9.89. The second kappa shape index (κ2) is 8.70. The van der Waals surface area contributed by atoms with E-state index in [4.69, 9.17) is 4.74 Å². The molecule has 2 heterocycles. The lowest BCUT2D eigenvalue weighted by Crippen LogP contribution is -2.38. The number of piperidine rings is 1. The molecule has 0 saturated carbocycles. The van der Waals surface area contributed by atoms with E-state index in [1.54, 1.807) is 0 Å². The molecule has 2 atom stereocenters. The van der Waals surface area contributed by atoms with Crippen molar-refractivity contribution in [3.63, 3.8) is 0 Å². The number of rotatable bonds is 7. The smallest absolute Gasteiger partial charge is 0.410 e. The van der Waals surface area contributed by atoms with Gasteiger partial charge in [-0.15, -0.1) is 0 Å². The largest absolute Gasteiger partial charge is 0.439 e. The van der Waals surface area contributed by atoms with Gasteiger partial charge in [0, 0.05) is 6.54 Å². The zero-order valence-electron chi connectivity index (χ0n) is 15.7. The van der Waals surface area contributed by atoms with Gasteiger partial charge in [-0.05, 0) is 56.8 Å². The minimum Gasteiger partial charge on any atom is -0.439 e. The van der Waals surface area contributed by atoms with E-state index in [0.717, 1.165) is 31.5 Å². The molecular weight excluding hydrogens is 312 g/mol. The molecule has 0 N–H and O–H groups in total. The highest BCUT2D eigenvalue weighted by atomic mass is 16.6. The molecule has 0 aliphatic carbocycles. The van der Waals surface area contributed by atoms with E-state index in [0.29, 0.717) is 5.92 Å². The molecule has 25 heavy (non-hydrogen) atoms. The fraction of sp³-hybridized carbons (Fsp3) is 0.667. The number of carbonyl (C=O) groups is 1. The second-order valence-electron chi connectivity index (χ2n) is 7.86. The summed E-state index contributed by atoms with van der Waals surface area (Å²) in [7, 11) is 0. The molecule has 4 nitrogen and oxygen atoms in total. The highest BCUT2D eigenvalue weighted by molar-refractivity contribution is 5.71. The third kappa shape index (κ3) is 4.75. The summed E-state index contributed by atoms with van der Waals surface area (Å²) in [6.45, 7) is 8.76. The third-order valence-electron chi connectivity index (χ3n) is 5.38. The summed E-state index contributed by atoms with van der Waals surface area (Å²) in [6, 6.07) is 10.3. The Bertz CT molecular complexity index is 540. The molecule has 0 radical (unpaired) electrons. The Hall–Kier alpha value is -1.55. The van der Waals surface area contributed by atoms with Crippen LogP contribution in [0, 0.1) is 5.92 Å². The monoisotopic (exact) mass is 344 g/mol. The molecule has 2 aliphatic rings. The van der Waals surface area contributed by atoms with Crippen LogP contribution in [0.1, 0.15) is 57.6 Å². The molecule has 2 aliphatic heterocycles. The molecule has 0 unspecified atom stereocenters. The number of hydrogen-bond donors (Lipinski definition) is 0. The minimum absolute atomic E-state index is 0.133. The summed E-state index contributed by atoms with van der Waals surface area (Å²) in [4.78, 5) is 17.0. The highest BCUT2D eigenvalue weighted by Crippen LogP contribution is 2.36. The first-order chi connectivity index (χ1) is 12.1. The Morgan fingerprint density at radius 1 is 1.08 bits per heavy atom. The molecule has 138 valence electrons. The van der Waals surface area contributed by atoms with Crippen LogP contribution in [-0.4, -0.2) is 48.1 Å². The van der Waals surface area contributed by atoms with Crippen LogP contribution in [0.4, 0.5) is 4.79 Å². The van der Waals surface area contributed by atoms with Gasteiger partial charge in [-0.1, -0.05) is 50.6 Å². The van der Waals surface area contributed by atoms with Gasteiger partial charge in [0.15, 0.2) is 0 Å². The first-order valence-corrected chi connectivity index (χ1v) is 9.89. The fourth-order valence-electron chi connectivity index (χ4n) is 4.13. The summed E-state index contributed by atoms with van der Waals surface area (Å²) in [5.74, 6) is 0.537. The predicted octanol–water partition coefficient (Wildman–Crippen LogP) is 4.47. The van der Waals surface area contributed by atoms with Crippen LogP contribution in [-0.2, 0) is 4.74 Å². The number of benzene rings is 1. The number of carbonyl (C=O) groups excluding carboxylic acids is 1. The van der Waals surface area contributed by atoms with Gasteiger partial charge in [-0.3, -0.25) is 0 Å². The second-order valence-corrected chi connectivity index (χ2v) is 7.86. The Labute approximate surface area is 152 Å². The van der Waals surface area contributed by atoms with Gasteiger partial charge in [0.05, 0.1) is 6.04 Å². The number of likely N-dealkylation sites (tertiary alicyclic amines) is 1. The van der Waals surface area contributed by atoms with Gasteiger partial charge in [-0.25, -0.2) is 4.79 Å². The van der Waals surface area contributed by atoms with E-state index in [1.807, 2.05) is 23.1 Å². The SMILES string of the molecule is CC(C)C[C@@H]1[C@@H](c2ccccc2)OC(=O)N1CCCN1CCCCC1.